The highest BCUT2D eigenvalue weighted by molar-refractivity contribution is 6.04. The molecule has 8 heteroatoms. The van der Waals surface area contributed by atoms with Gasteiger partial charge in [-0.25, -0.2) is 0 Å². The van der Waals surface area contributed by atoms with Gasteiger partial charge in [0, 0.05) is 5.69 Å². The van der Waals surface area contributed by atoms with Gasteiger partial charge in [0.2, 0.25) is 11.8 Å². The maximum Gasteiger partial charge on any atom is 0.312 e. The first-order valence-corrected chi connectivity index (χ1v) is 13.6. The van der Waals surface area contributed by atoms with Gasteiger partial charge in [-0.15, -0.1) is 0 Å². The Balaban J connectivity index is 1.38. The SMILES string of the molecule is CCOC(=O)[C@@H]1[C@H]2C(=O)N([C@@H](CO)Cc3ccccc3)C(C(=O)Nc3ccc4ccccc4c3)C23CC[C@H]1O3. The largest absolute Gasteiger partial charge is 0.466 e. The predicted molar refractivity (Wildman–Crippen MR) is 145 cm³/mol. The molecule has 6 rings (SSSR count). The van der Waals surface area contributed by atoms with Gasteiger partial charge in [-0.05, 0) is 54.7 Å². The van der Waals surface area contributed by atoms with Crippen molar-refractivity contribution in [1.82, 2.24) is 4.90 Å². The molecule has 3 aliphatic heterocycles. The lowest BCUT2D eigenvalue weighted by Gasteiger charge is -2.36. The van der Waals surface area contributed by atoms with Crippen LogP contribution in [-0.2, 0) is 30.3 Å². The summed E-state index contributed by atoms with van der Waals surface area (Å²) in [6, 6.07) is 21.4. The number of hydrogen-bond acceptors (Lipinski definition) is 6. The van der Waals surface area contributed by atoms with E-state index in [1.54, 1.807) is 6.92 Å². The number of likely N-dealkylation sites (tertiary alicyclic amines) is 1. The fourth-order valence-electron chi connectivity index (χ4n) is 6.90. The van der Waals surface area contributed by atoms with E-state index in [2.05, 4.69) is 5.32 Å². The van der Waals surface area contributed by atoms with Crippen molar-refractivity contribution in [3.63, 3.8) is 0 Å². The third-order valence-electron chi connectivity index (χ3n) is 8.48. The minimum atomic E-state index is -1.16. The van der Waals surface area contributed by atoms with Crippen LogP contribution in [-0.4, -0.2) is 64.8 Å². The zero-order valence-corrected chi connectivity index (χ0v) is 21.8. The van der Waals surface area contributed by atoms with Crippen molar-refractivity contribution in [2.75, 3.05) is 18.5 Å². The molecule has 1 spiro atoms. The highest BCUT2D eigenvalue weighted by Crippen LogP contribution is 2.59. The van der Waals surface area contributed by atoms with Gasteiger partial charge >= 0.3 is 5.97 Å². The molecule has 39 heavy (non-hydrogen) atoms. The fraction of sp³-hybridized carbons (Fsp3) is 0.387. The Morgan fingerprint density at radius 1 is 1.10 bits per heavy atom. The smallest absolute Gasteiger partial charge is 0.312 e. The Kier molecular flexibility index (Phi) is 6.61. The molecule has 3 heterocycles. The number of benzene rings is 3. The minimum absolute atomic E-state index is 0.193. The van der Waals surface area contributed by atoms with Gasteiger partial charge in [0.25, 0.3) is 0 Å². The first kappa shape index (κ1) is 25.5. The summed E-state index contributed by atoms with van der Waals surface area (Å²) in [5, 5.41) is 15.5. The van der Waals surface area contributed by atoms with Crippen LogP contribution in [0.25, 0.3) is 10.8 Å². The standard InChI is InChI=1S/C31H32N2O6/c1-2-38-30(37)25-24-14-15-31(39-24)26(25)29(36)33(23(18-34)16-19-8-4-3-5-9-19)27(31)28(35)32-22-13-12-20-10-6-7-11-21(20)17-22/h3-13,17,23-27,34H,2,14-16,18H2,1H3,(H,32,35)/t23-,24-,25+,26+,27?,31?/m1/s1. The van der Waals surface area contributed by atoms with Crippen LogP contribution in [0, 0.1) is 11.8 Å². The second kappa shape index (κ2) is 10.1. The molecule has 3 fully saturated rings. The molecule has 2 bridgehead atoms. The first-order chi connectivity index (χ1) is 19.0. The lowest BCUT2D eigenvalue weighted by atomic mass is 9.70. The molecule has 0 radical (unpaired) electrons. The van der Waals surface area contributed by atoms with E-state index >= 15 is 0 Å². The predicted octanol–water partition coefficient (Wildman–Crippen LogP) is 3.32. The molecular formula is C31H32N2O6. The summed E-state index contributed by atoms with van der Waals surface area (Å²) in [6.45, 7) is 1.58. The zero-order chi connectivity index (χ0) is 27.1. The van der Waals surface area contributed by atoms with Crippen molar-refractivity contribution < 1.29 is 29.0 Å². The van der Waals surface area contributed by atoms with Crippen molar-refractivity contribution in [3.8, 4) is 0 Å². The Bertz CT molecular complexity index is 1410. The fourth-order valence-corrected chi connectivity index (χ4v) is 6.90. The number of hydrogen-bond donors (Lipinski definition) is 2. The molecule has 0 saturated carbocycles. The van der Waals surface area contributed by atoms with Gasteiger partial charge < -0.3 is 24.8 Å². The monoisotopic (exact) mass is 528 g/mol. The van der Waals surface area contributed by atoms with E-state index in [0.717, 1.165) is 16.3 Å². The average Bonchev–Trinajstić information content (AvgIpc) is 3.59. The maximum absolute atomic E-state index is 14.2. The van der Waals surface area contributed by atoms with E-state index in [1.165, 1.54) is 4.90 Å². The number of carbonyl (C=O) groups excluding carboxylic acids is 3. The summed E-state index contributed by atoms with van der Waals surface area (Å²) in [6.07, 6.45) is 0.917. The van der Waals surface area contributed by atoms with Crippen LogP contribution in [0.2, 0.25) is 0 Å². The minimum Gasteiger partial charge on any atom is -0.466 e. The number of esters is 1. The number of rotatable bonds is 8. The number of nitrogens with zero attached hydrogens (tertiary/aromatic N) is 1. The zero-order valence-electron chi connectivity index (χ0n) is 21.8. The van der Waals surface area contributed by atoms with Crippen molar-refractivity contribution in [2.45, 2.75) is 50.0 Å². The van der Waals surface area contributed by atoms with Crippen LogP contribution < -0.4 is 5.32 Å². The van der Waals surface area contributed by atoms with Gasteiger partial charge in [-0.1, -0.05) is 60.7 Å². The maximum atomic E-state index is 14.2. The van der Waals surface area contributed by atoms with E-state index < -0.39 is 47.5 Å². The van der Waals surface area contributed by atoms with E-state index in [0.29, 0.717) is 24.9 Å². The van der Waals surface area contributed by atoms with Crippen LogP contribution in [0.5, 0.6) is 0 Å². The summed E-state index contributed by atoms with van der Waals surface area (Å²) in [5.41, 5.74) is 0.369. The van der Waals surface area contributed by atoms with Gasteiger partial charge in [-0.2, -0.15) is 0 Å². The number of amides is 2. The molecule has 202 valence electrons. The Morgan fingerprint density at radius 3 is 2.59 bits per heavy atom. The van der Waals surface area contributed by atoms with E-state index in [-0.39, 0.29) is 19.1 Å². The van der Waals surface area contributed by atoms with Crippen LogP contribution in [0.1, 0.15) is 25.3 Å². The first-order valence-electron chi connectivity index (χ1n) is 13.6. The highest BCUT2D eigenvalue weighted by atomic mass is 16.6. The lowest BCUT2D eigenvalue weighted by Crippen LogP contribution is -2.56. The molecule has 8 nitrogen and oxygen atoms in total. The molecule has 2 amide bonds. The number of carbonyl (C=O) groups is 3. The molecule has 0 aliphatic carbocycles. The quantitative estimate of drug-likeness (QED) is 0.435. The number of ether oxygens (including phenoxy) is 2. The number of aliphatic hydroxyl groups is 1. The normalized spacial score (nSPS) is 27.9. The molecule has 2 N–H and O–H groups in total. The molecule has 3 saturated heterocycles. The second-order valence-corrected chi connectivity index (χ2v) is 10.6. The Morgan fingerprint density at radius 2 is 1.85 bits per heavy atom. The number of aliphatic hydroxyl groups excluding tert-OH is 1. The molecule has 3 aliphatic rings. The topological polar surface area (TPSA) is 105 Å². The van der Waals surface area contributed by atoms with Crippen molar-refractivity contribution in [1.29, 1.82) is 0 Å². The number of anilines is 1. The van der Waals surface area contributed by atoms with Crippen LogP contribution in [0.3, 0.4) is 0 Å². The van der Waals surface area contributed by atoms with Gasteiger partial charge in [0.05, 0.1) is 37.2 Å². The van der Waals surface area contributed by atoms with Gasteiger partial charge in [-0.3, -0.25) is 14.4 Å². The van der Waals surface area contributed by atoms with E-state index in [9.17, 15) is 19.5 Å². The van der Waals surface area contributed by atoms with Crippen molar-refractivity contribution in [2.24, 2.45) is 11.8 Å². The van der Waals surface area contributed by atoms with E-state index in [1.807, 2.05) is 72.8 Å². The summed E-state index contributed by atoms with van der Waals surface area (Å²) in [4.78, 5) is 42.8. The van der Waals surface area contributed by atoms with Crippen LogP contribution in [0.15, 0.2) is 72.8 Å². The molecule has 0 aromatic heterocycles. The number of fused-ring (bicyclic) bond motifs is 2. The van der Waals surface area contributed by atoms with Crippen molar-refractivity contribution >= 4 is 34.2 Å². The molecular weight excluding hydrogens is 496 g/mol. The molecule has 3 aromatic rings. The Hall–Kier alpha value is -3.75. The van der Waals surface area contributed by atoms with Crippen LogP contribution in [0.4, 0.5) is 5.69 Å². The average molecular weight is 529 g/mol. The second-order valence-electron chi connectivity index (χ2n) is 10.6. The van der Waals surface area contributed by atoms with E-state index in [4.69, 9.17) is 9.47 Å². The number of nitrogens with one attached hydrogen (secondary N) is 1. The summed E-state index contributed by atoms with van der Waals surface area (Å²) in [5.74, 6) is -2.82. The molecule has 3 aromatic carbocycles. The van der Waals surface area contributed by atoms with Crippen molar-refractivity contribution in [3.05, 3.63) is 78.4 Å². The lowest BCUT2D eigenvalue weighted by molar-refractivity contribution is -0.155. The van der Waals surface area contributed by atoms with Gasteiger partial charge in [0.15, 0.2) is 0 Å². The third kappa shape index (κ3) is 4.19. The summed E-state index contributed by atoms with van der Waals surface area (Å²) < 4.78 is 11.8. The van der Waals surface area contributed by atoms with Gasteiger partial charge in [0.1, 0.15) is 11.6 Å². The third-order valence-corrected chi connectivity index (χ3v) is 8.48. The van der Waals surface area contributed by atoms with Crippen LogP contribution >= 0.6 is 0 Å². The summed E-state index contributed by atoms with van der Waals surface area (Å²) in [7, 11) is 0. The summed E-state index contributed by atoms with van der Waals surface area (Å²) >= 11 is 0. The highest BCUT2D eigenvalue weighted by Gasteiger charge is 2.75. The Labute approximate surface area is 226 Å². The molecule has 2 unspecified atom stereocenters. The molecule has 6 atom stereocenters.